The second kappa shape index (κ2) is 11.8. The Morgan fingerprint density at radius 3 is 2.45 bits per heavy atom. The molecule has 1 fully saturated rings. The van der Waals surface area contributed by atoms with Crippen LogP contribution in [0.1, 0.15) is 44.9 Å². The molecule has 0 saturated carbocycles. The summed E-state index contributed by atoms with van der Waals surface area (Å²) in [4.78, 5) is 15.1. The Morgan fingerprint density at radius 2 is 1.82 bits per heavy atom. The van der Waals surface area contributed by atoms with E-state index < -0.39 is 12.1 Å². The van der Waals surface area contributed by atoms with Crippen LogP contribution in [0.4, 0.5) is 0 Å². The molecule has 1 atom stereocenters. The molecule has 130 valence electrons. The zero-order valence-electron chi connectivity index (χ0n) is 13.6. The van der Waals surface area contributed by atoms with E-state index in [9.17, 15) is 9.90 Å². The van der Waals surface area contributed by atoms with Gasteiger partial charge in [0.1, 0.15) is 0 Å². The fraction of sp³-hybridized carbons (Fsp3) is 0.938. The summed E-state index contributed by atoms with van der Waals surface area (Å²) in [7, 11) is 0. The lowest BCUT2D eigenvalue weighted by atomic mass is 10.1. The summed E-state index contributed by atoms with van der Waals surface area (Å²) >= 11 is 0. The van der Waals surface area contributed by atoms with Crippen molar-refractivity contribution in [2.75, 3.05) is 45.9 Å². The first-order valence-electron chi connectivity index (χ1n) is 8.57. The van der Waals surface area contributed by atoms with Crippen molar-refractivity contribution in [3.05, 3.63) is 0 Å². The topological polar surface area (TPSA) is 84.2 Å². The molecule has 0 amide bonds. The van der Waals surface area contributed by atoms with Gasteiger partial charge in [-0.3, -0.25) is 9.69 Å². The van der Waals surface area contributed by atoms with Crippen molar-refractivity contribution in [2.24, 2.45) is 0 Å². The molecule has 0 radical (unpaired) electrons. The van der Waals surface area contributed by atoms with E-state index in [-0.39, 0.29) is 13.0 Å². The number of unbranched alkanes of at least 4 members (excludes halogenated alkanes) is 2. The van der Waals surface area contributed by atoms with Crippen LogP contribution in [0, 0.1) is 0 Å². The van der Waals surface area contributed by atoms with Crippen LogP contribution < -0.4 is 0 Å². The third kappa shape index (κ3) is 9.35. The smallest absolute Gasteiger partial charge is 0.303 e. The highest BCUT2D eigenvalue weighted by molar-refractivity contribution is 5.66. The Balaban J connectivity index is 2.23. The first-order valence-corrected chi connectivity index (χ1v) is 8.57. The molecule has 3 N–H and O–H groups in total. The maximum atomic E-state index is 10.5. The molecule has 0 aliphatic carbocycles. The van der Waals surface area contributed by atoms with E-state index in [1.807, 2.05) is 0 Å². The number of aliphatic hydroxyl groups is 2. The lowest BCUT2D eigenvalue weighted by molar-refractivity contribution is -0.137. The first kappa shape index (κ1) is 19.4. The summed E-state index contributed by atoms with van der Waals surface area (Å²) in [5.41, 5.74) is 0. The van der Waals surface area contributed by atoms with E-state index in [0.29, 0.717) is 13.0 Å². The third-order valence-electron chi connectivity index (χ3n) is 4.23. The summed E-state index contributed by atoms with van der Waals surface area (Å²) < 4.78 is 0. The van der Waals surface area contributed by atoms with Crippen molar-refractivity contribution in [3.63, 3.8) is 0 Å². The number of rotatable bonds is 12. The average molecular weight is 316 g/mol. The Labute approximate surface area is 133 Å². The molecule has 0 aromatic rings. The minimum Gasteiger partial charge on any atom is -0.481 e. The molecule has 0 bridgehead atoms. The molecule has 6 nitrogen and oxygen atoms in total. The van der Waals surface area contributed by atoms with E-state index in [1.165, 1.54) is 19.3 Å². The number of hydrogen-bond donors (Lipinski definition) is 3. The number of aliphatic hydroxyl groups excluding tert-OH is 2. The molecular formula is C16H32N2O4. The van der Waals surface area contributed by atoms with Gasteiger partial charge in [-0.2, -0.15) is 0 Å². The van der Waals surface area contributed by atoms with Crippen LogP contribution in [-0.4, -0.2) is 83.1 Å². The Morgan fingerprint density at radius 1 is 1.09 bits per heavy atom. The molecule has 0 aromatic carbocycles. The highest BCUT2D eigenvalue weighted by Gasteiger charge is 2.14. The molecule has 1 saturated heterocycles. The van der Waals surface area contributed by atoms with Crippen molar-refractivity contribution in [1.29, 1.82) is 0 Å². The Bertz CT molecular complexity index is 296. The van der Waals surface area contributed by atoms with Crippen LogP contribution in [0.25, 0.3) is 0 Å². The van der Waals surface area contributed by atoms with Crippen molar-refractivity contribution in [2.45, 2.75) is 51.0 Å². The molecule has 0 aromatic heterocycles. The molecule has 1 unspecified atom stereocenters. The summed E-state index contributed by atoms with van der Waals surface area (Å²) in [5.74, 6) is -0.738. The van der Waals surface area contributed by atoms with Gasteiger partial charge < -0.3 is 20.2 Å². The number of carbonyl (C=O) groups is 1. The maximum absolute atomic E-state index is 10.5. The van der Waals surface area contributed by atoms with Gasteiger partial charge in [-0.25, -0.2) is 0 Å². The standard InChI is InChI=1S/C16H32N2O4/c19-14-15(20)13-18(10-4-1-3-7-16(21)22)12-11-17-8-5-2-6-9-17/h15,19-20H,1-14H2,(H,21,22). The predicted molar refractivity (Wildman–Crippen MR) is 85.9 cm³/mol. The van der Waals surface area contributed by atoms with Crippen LogP contribution >= 0.6 is 0 Å². The van der Waals surface area contributed by atoms with Gasteiger partial charge in [0.05, 0.1) is 12.7 Å². The van der Waals surface area contributed by atoms with Crippen molar-refractivity contribution < 1.29 is 20.1 Å². The van der Waals surface area contributed by atoms with Gasteiger partial charge >= 0.3 is 5.97 Å². The van der Waals surface area contributed by atoms with E-state index in [4.69, 9.17) is 10.2 Å². The van der Waals surface area contributed by atoms with E-state index in [2.05, 4.69) is 9.80 Å². The Hall–Kier alpha value is -0.690. The second-order valence-corrected chi connectivity index (χ2v) is 6.24. The van der Waals surface area contributed by atoms with Crippen LogP contribution in [-0.2, 0) is 4.79 Å². The SMILES string of the molecule is O=C(O)CCCCCN(CCN1CCCCC1)CC(O)CO. The van der Waals surface area contributed by atoms with E-state index >= 15 is 0 Å². The maximum Gasteiger partial charge on any atom is 0.303 e. The van der Waals surface area contributed by atoms with Gasteiger partial charge in [0.2, 0.25) is 0 Å². The lowest BCUT2D eigenvalue weighted by Gasteiger charge is -2.30. The summed E-state index contributed by atoms with van der Waals surface area (Å²) in [6.07, 6.45) is 5.94. The van der Waals surface area contributed by atoms with Crippen molar-refractivity contribution >= 4 is 5.97 Å². The molecule has 22 heavy (non-hydrogen) atoms. The van der Waals surface area contributed by atoms with Crippen LogP contribution in [0.15, 0.2) is 0 Å². The van der Waals surface area contributed by atoms with Gasteiger partial charge in [-0.1, -0.05) is 12.8 Å². The number of carboxylic acid groups (broad SMARTS) is 1. The minimum absolute atomic E-state index is 0.209. The highest BCUT2D eigenvalue weighted by atomic mass is 16.4. The van der Waals surface area contributed by atoms with E-state index in [1.54, 1.807) is 0 Å². The van der Waals surface area contributed by atoms with Gasteiger partial charge in [0, 0.05) is 26.1 Å². The molecule has 6 heteroatoms. The highest BCUT2D eigenvalue weighted by Crippen LogP contribution is 2.09. The molecule has 1 aliphatic rings. The van der Waals surface area contributed by atoms with Gasteiger partial charge in [-0.15, -0.1) is 0 Å². The number of aliphatic carboxylic acids is 1. The predicted octanol–water partition coefficient (Wildman–Crippen LogP) is 0.773. The second-order valence-electron chi connectivity index (χ2n) is 6.24. The first-order chi connectivity index (χ1) is 10.6. The van der Waals surface area contributed by atoms with Gasteiger partial charge in [-0.05, 0) is 45.3 Å². The van der Waals surface area contributed by atoms with Crippen LogP contribution in [0.3, 0.4) is 0 Å². The minimum atomic E-state index is -0.738. The monoisotopic (exact) mass is 316 g/mol. The van der Waals surface area contributed by atoms with Crippen LogP contribution in [0.2, 0.25) is 0 Å². The molecular weight excluding hydrogens is 284 g/mol. The molecule has 1 aliphatic heterocycles. The quantitative estimate of drug-likeness (QED) is 0.461. The Kier molecular flexibility index (Phi) is 10.4. The lowest BCUT2D eigenvalue weighted by Crippen LogP contribution is -2.41. The number of likely N-dealkylation sites (tertiary alicyclic amines) is 1. The zero-order valence-corrected chi connectivity index (χ0v) is 13.6. The number of carboxylic acids is 1. The molecule has 1 heterocycles. The molecule has 1 rings (SSSR count). The largest absolute Gasteiger partial charge is 0.481 e. The van der Waals surface area contributed by atoms with Gasteiger partial charge in [0.25, 0.3) is 0 Å². The third-order valence-corrected chi connectivity index (χ3v) is 4.23. The fourth-order valence-electron chi connectivity index (χ4n) is 2.90. The van der Waals surface area contributed by atoms with Gasteiger partial charge in [0.15, 0.2) is 0 Å². The summed E-state index contributed by atoms with van der Waals surface area (Å²) in [6, 6.07) is 0. The van der Waals surface area contributed by atoms with Crippen LogP contribution in [0.5, 0.6) is 0 Å². The normalized spacial score (nSPS) is 17.8. The van der Waals surface area contributed by atoms with Crippen molar-refractivity contribution in [1.82, 2.24) is 9.80 Å². The number of piperidine rings is 1. The summed E-state index contributed by atoms with van der Waals surface area (Å²) in [6.45, 7) is 5.36. The average Bonchev–Trinajstić information content (AvgIpc) is 2.52. The van der Waals surface area contributed by atoms with Crippen molar-refractivity contribution in [3.8, 4) is 0 Å². The number of nitrogens with zero attached hydrogens (tertiary/aromatic N) is 2. The molecule has 0 spiro atoms. The summed E-state index contributed by atoms with van der Waals surface area (Å²) in [5, 5.41) is 27.3. The van der Waals surface area contributed by atoms with E-state index in [0.717, 1.165) is 45.6 Å². The fourth-order valence-corrected chi connectivity index (χ4v) is 2.90. The number of hydrogen-bond acceptors (Lipinski definition) is 5. The zero-order chi connectivity index (χ0) is 16.2.